The molecule has 0 saturated carbocycles. The largest absolute Gasteiger partial charge is 0.450 e. The number of nitrogens with one attached hydrogen (secondary N) is 1. The van der Waals surface area contributed by atoms with Crippen LogP contribution in [0.15, 0.2) is 46.9 Å². The van der Waals surface area contributed by atoms with Crippen LogP contribution in [0.1, 0.15) is 23.4 Å². The van der Waals surface area contributed by atoms with Gasteiger partial charge >= 0.3 is 0 Å². The first-order chi connectivity index (χ1) is 13.6. The summed E-state index contributed by atoms with van der Waals surface area (Å²) in [6.45, 7) is 3.07. The van der Waals surface area contributed by atoms with Gasteiger partial charge in [-0.15, -0.1) is 0 Å². The second-order valence-electron chi connectivity index (χ2n) is 7.71. The van der Waals surface area contributed by atoms with Gasteiger partial charge < -0.3 is 14.6 Å². The third-order valence-corrected chi connectivity index (χ3v) is 5.93. The summed E-state index contributed by atoms with van der Waals surface area (Å²) in [6, 6.07) is 10.1. The molecule has 1 atom stereocenters. The molecule has 3 fully saturated rings. The third-order valence-electron chi connectivity index (χ3n) is 5.93. The van der Waals surface area contributed by atoms with Gasteiger partial charge in [0, 0.05) is 23.5 Å². The molecule has 2 bridgehead atoms. The number of nitrogens with zero attached hydrogens (tertiary/aromatic N) is 1. The molecule has 1 N–H and O–H groups in total. The van der Waals surface area contributed by atoms with E-state index < -0.39 is 5.82 Å². The van der Waals surface area contributed by atoms with E-state index in [0.29, 0.717) is 28.0 Å². The van der Waals surface area contributed by atoms with E-state index in [0.717, 1.165) is 32.5 Å². The number of fused-ring (bicyclic) bond motifs is 4. The molecular formula is C22H20F2N2O2. The molecule has 3 aliphatic rings. The molecule has 28 heavy (non-hydrogen) atoms. The van der Waals surface area contributed by atoms with Crippen LogP contribution in [0, 0.1) is 17.6 Å². The monoisotopic (exact) mass is 382 g/mol. The van der Waals surface area contributed by atoms with Crippen LogP contribution < -0.4 is 5.32 Å². The van der Waals surface area contributed by atoms with E-state index in [1.54, 1.807) is 18.2 Å². The first-order valence-electron chi connectivity index (χ1n) is 9.59. The molecular weight excluding hydrogens is 362 g/mol. The number of hydrogen-bond donors (Lipinski definition) is 1. The van der Waals surface area contributed by atoms with E-state index in [1.165, 1.54) is 24.3 Å². The van der Waals surface area contributed by atoms with E-state index in [9.17, 15) is 13.6 Å². The molecule has 4 heterocycles. The molecule has 0 radical (unpaired) electrons. The second-order valence-corrected chi connectivity index (χ2v) is 7.71. The SMILES string of the molecule is O=C(NC1CN2CCC1CC2)c1cc2cc(F)cc(-c3ccc(F)cc3)c2o1. The predicted molar refractivity (Wildman–Crippen MR) is 102 cm³/mol. The van der Waals surface area contributed by atoms with Crippen molar-refractivity contribution in [3.8, 4) is 11.1 Å². The van der Waals surface area contributed by atoms with Gasteiger partial charge in [-0.1, -0.05) is 12.1 Å². The number of benzene rings is 2. The highest BCUT2D eigenvalue weighted by atomic mass is 19.1. The van der Waals surface area contributed by atoms with E-state index >= 15 is 0 Å². The highest BCUT2D eigenvalue weighted by Crippen LogP contribution is 2.33. The predicted octanol–water partition coefficient (Wildman–Crippen LogP) is 4.20. The van der Waals surface area contributed by atoms with Gasteiger partial charge in [-0.3, -0.25) is 4.79 Å². The molecule has 3 aliphatic heterocycles. The number of halogens is 2. The number of piperidine rings is 3. The molecule has 144 valence electrons. The van der Waals surface area contributed by atoms with Gasteiger partial charge in [-0.25, -0.2) is 8.78 Å². The van der Waals surface area contributed by atoms with E-state index in [2.05, 4.69) is 10.2 Å². The smallest absolute Gasteiger partial charge is 0.287 e. The fourth-order valence-electron chi connectivity index (χ4n) is 4.44. The zero-order valence-electron chi connectivity index (χ0n) is 15.3. The third kappa shape index (κ3) is 3.07. The summed E-state index contributed by atoms with van der Waals surface area (Å²) in [5, 5.41) is 3.60. The lowest BCUT2D eigenvalue weighted by atomic mass is 9.84. The number of furan rings is 1. The number of carbonyl (C=O) groups excluding carboxylic acids is 1. The molecule has 3 aromatic rings. The summed E-state index contributed by atoms with van der Waals surface area (Å²) in [4.78, 5) is 15.1. The summed E-state index contributed by atoms with van der Waals surface area (Å²) >= 11 is 0. The Morgan fingerprint density at radius 2 is 1.79 bits per heavy atom. The number of amides is 1. The average molecular weight is 382 g/mol. The van der Waals surface area contributed by atoms with Crippen molar-refractivity contribution >= 4 is 16.9 Å². The van der Waals surface area contributed by atoms with Gasteiger partial charge in [0.05, 0.1) is 0 Å². The van der Waals surface area contributed by atoms with Gasteiger partial charge in [0.25, 0.3) is 5.91 Å². The van der Waals surface area contributed by atoms with Crippen LogP contribution in [-0.4, -0.2) is 36.5 Å². The Morgan fingerprint density at radius 1 is 1.04 bits per heavy atom. The van der Waals surface area contributed by atoms with Crippen molar-refractivity contribution in [2.45, 2.75) is 18.9 Å². The zero-order chi connectivity index (χ0) is 19.3. The summed E-state index contributed by atoms with van der Waals surface area (Å²) in [5.41, 5.74) is 1.55. The summed E-state index contributed by atoms with van der Waals surface area (Å²) < 4.78 is 33.2. The maximum atomic E-state index is 14.1. The Kier molecular flexibility index (Phi) is 4.16. The number of carbonyl (C=O) groups is 1. The molecule has 1 amide bonds. The van der Waals surface area contributed by atoms with Crippen LogP contribution in [0.25, 0.3) is 22.1 Å². The minimum atomic E-state index is -0.433. The highest BCUT2D eigenvalue weighted by Gasteiger charge is 2.35. The van der Waals surface area contributed by atoms with Gasteiger partial charge in [-0.2, -0.15) is 0 Å². The lowest BCUT2D eigenvalue weighted by molar-refractivity contribution is 0.0607. The summed E-state index contributed by atoms with van der Waals surface area (Å²) in [7, 11) is 0. The zero-order valence-corrected chi connectivity index (χ0v) is 15.3. The molecule has 6 rings (SSSR count). The molecule has 1 unspecified atom stereocenters. The van der Waals surface area contributed by atoms with Crippen LogP contribution in [-0.2, 0) is 0 Å². The molecule has 0 aliphatic carbocycles. The lowest BCUT2D eigenvalue weighted by Gasteiger charge is -2.44. The van der Waals surface area contributed by atoms with Crippen molar-refractivity contribution < 1.29 is 18.0 Å². The van der Waals surface area contributed by atoms with E-state index in [4.69, 9.17) is 4.42 Å². The van der Waals surface area contributed by atoms with Crippen LogP contribution >= 0.6 is 0 Å². The summed E-state index contributed by atoms with van der Waals surface area (Å²) in [5.74, 6) is -0.406. The van der Waals surface area contributed by atoms with Crippen LogP contribution in [0.5, 0.6) is 0 Å². The molecule has 6 heteroatoms. The Balaban J connectivity index is 1.47. The fourth-order valence-corrected chi connectivity index (χ4v) is 4.44. The van der Waals surface area contributed by atoms with E-state index in [1.807, 2.05) is 0 Å². The quantitative estimate of drug-likeness (QED) is 0.738. The molecule has 4 nitrogen and oxygen atoms in total. The Hall–Kier alpha value is -2.73. The van der Waals surface area contributed by atoms with Gasteiger partial charge in [0.2, 0.25) is 0 Å². The van der Waals surface area contributed by atoms with Crippen molar-refractivity contribution in [2.75, 3.05) is 19.6 Å². The Morgan fingerprint density at radius 3 is 2.46 bits per heavy atom. The normalized spacial score (nSPS) is 23.9. The number of rotatable bonds is 3. The Labute approximate surface area is 161 Å². The van der Waals surface area contributed by atoms with Crippen molar-refractivity contribution in [2.24, 2.45) is 5.92 Å². The maximum absolute atomic E-state index is 14.1. The molecule has 2 aromatic carbocycles. The highest BCUT2D eigenvalue weighted by molar-refractivity contribution is 6.00. The number of hydrogen-bond acceptors (Lipinski definition) is 3. The van der Waals surface area contributed by atoms with Crippen molar-refractivity contribution in [1.29, 1.82) is 0 Å². The minimum absolute atomic E-state index is 0.122. The Bertz CT molecular complexity index is 1040. The molecule has 3 saturated heterocycles. The van der Waals surface area contributed by atoms with Gasteiger partial charge in [0.15, 0.2) is 5.76 Å². The topological polar surface area (TPSA) is 45.5 Å². The van der Waals surface area contributed by atoms with Crippen LogP contribution in [0.2, 0.25) is 0 Å². The van der Waals surface area contributed by atoms with Crippen molar-refractivity contribution in [3.63, 3.8) is 0 Å². The van der Waals surface area contributed by atoms with Gasteiger partial charge in [-0.05, 0) is 67.7 Å². The first-order valence-corrected chi connectivity index (χ1v) is 9.59. The fraction of sp³-hybridized carbons (Fsp3) is 0.318. The second kappa shape index (κ2) is 6.71. The molecule has 0 spiro atoms. The lowest BCUT2D eigenvalue weighted by Crippen LogP contribution is -2.57. The van der Waals surface area contributed by atoms with Crippen molar-refractivity contribution in [3.05, 3.63) is 59.9 Å². The van der Waals surface area contributed by atoms with Crippen LogP contribution in [0.4, 0.5) is 8.78 Å². The standard InChI is InChI=1S/C22H20F2N2O2/c23-16-3-1-13(2-4-16)18-11-17(24)9-15-10-20(28-21(15)18)22(27)25-19-12-26-7-5-14(19)6-8-26/h1-4,9-11,14,19H,5-8,12H2,(H,25,27). The maximum Gasteiger partial charge on any atom is 0.287 e. The van der Waals surface area contributed by atoms with Crippen molar-refractivity contribution in [1.82, 2.24) is 10.2 Å². The van der Waals surface area contributed by atoms with E-state index in [-0.39, 0.29) is 23.5 Å². The summed E-state index contributed by atoms with van der Waals surface area (Å²) in [6.07, 6.45) is 2.20. The van der Waals surface area contributed by atoms with Crippen LogP contribution in [0.3, 0.4) is 0 Å². The average Bonchev–Trinajstić information content (AvgIpc) is 3.13. The molecule has 1 aromatic heterocycles. The minimum Gasteiger partial charge on any atom is -0.450 e. The van der Waals surface area contributed by atoms with Gasteiger partial charge in [0.1, 0.15) is 17.2 Å². The first kappa shape index (κ1) is 17.4.